The molecule has 0 N–H and O–H groups in total. The van der Waals surface area contributed by atoms with E-state index < -0.39 is 222 Å². The summed E-state index contributed by atoms with van der Waals surface area (Å²) in [4.78, 5) is 0. The molecule has 0 spiro atoms. The van der Waals surface area contributed by atoms with Crippen molar-refractivity contribution in [1.82, 2.24) is 0 Å². The lowest BCUT2D eigenvalue weighted by molar-refractivity contribution is 1.63. The molecule has 186 valence electrons. The molecular weight excluding hydrogens is 480 g/mol. The molecule has 8 aromatic rings. The van der Waals surface area contributed by atoms with Gasteiger partial charge in [0.1, 0.15) is 0 Å². The zero-order chi connectivity index (χ0) is 48.2. The zero-order valence-corrected chi connectivity index (χ0v) is 20.1. The van der Waals surface area contributed by atoms with Crippen LogP contribution in [0, 0.1) is 0 Å². The molecule has 0 nitrogen and oxygen atoms in total. The van der Waals surface area contributed by atoms with Gasteiger partial charge in [-0.15, -0.1) is 0 Å². The second-order valence-corrected chi connectivity index (χ2v) is 8.58. The van der Waals surface area contributed by atoms with E-state index in [1.54, 1.807) is 0 Å². The van der Waals surface area contributed by atoms with Crippen LogP contribution in [0.4, 0.5) is 0 Å². The third kappa shape index (κ3) is 3.54. The molecule has 0 atom stereocenters. The summed E-state index contributed by atoms with van der Waals surface area (Å²) in [5.74, 6) is 0. The SMILES string of the molecule is [2H]c1cc2c([2H])c([2H])c([2H])c([2H])c2c(-c2c([2H])c([2H])c(-c3c4c([2H])c([2H])c([2H])c([2H])c4c(-c4c([2H])c([2H])c([2H])c5c([2H])c([2H])c([2H])c([2H])c45)c4c([2H])c([2H])c([2H])c([2H])c34)c([2H])c2[2H])c1[2H]. The molecule has 8 aromatic carbocycles. The molecule has 0 amide bonds. The molecule has 0 saturated carbocycles. The molecule has 0 fully saturated rings. The fourth-order valence-electron chi connectivity index (χ4n) is 4.75. The molecule has 0 saturated heterocycles. The van der Waals surface area contributed by atoms with Gasteiger partial charge < -0.3 is 0 Å². The van der Waals surface area contributed by atoms with Crippen LogP contribution < -0.4 is 0 Å². The molecule has 0 aromatic heterocycles. The van der Waals surface area contributed by atoms with Gasteiger partial charge in [-0.1, -0.05) is 157 Å². The molecular formula is C40H26. The average Bonchev–Trinajstić information content (AvgIpc) is 3.27. The van der Waals surface area contributed by atoms with Crippen molar-refractivity contribution in [1.29, 1.82) is 0 Å². The lowest BCUT2D eigenvalue weighted by Crippen LogP contribution is -1.91. The van der Waals surface area contributed by atoms with Crippen molar-refractivity contribution in [2.24, 2.45) is 0 Å². The van der Waals surface area contributed by atoms with Crippen LogP contribution in [-0.2, 0) is 0 Å². The van der Waals surface area contributed by atoms with Crippen LogP contribution in [0.2, 0.25) is 0 Å². The van der Waals surface area contributed by atoms with Crippen LogP contribution in [-0.4, -0.2) is 0 Å². The van der Waals surface area contributed by atoms with E-state index in [2.05, 4.69) is 0 Å². The number of hydrogen-bond donors (Lipinski definition) is 0. The van der Waals surface area contributed by atoms with Gasteiger partial charge in [-0.25, -0.2) is 0 Å². The topological polar surface area (TPSA) is 0 Å². The summed E-state index contributed by atoms with van der Waals surface area (Å²) in [7, 11) is 0. The molecule has 0 radical (unpaired) electrons. The van der Waals surface area contributed by atoms with Crippen molar-refractivity contribution >= 4 is 43.1 Å². The molecule has 0 bridgehead atoms. The minimum atomic E-state index is -1.03. The van der Waals surface area contributed by atoms with Crippen molar-refractivity contribution in [2.75, 3.05) is 0 Å². The lowest BCUT2D eigenvalue weighted by atomic mass is 9.84. The van der Waals surface area contributed by atoms with Crippen LogP contribution in [0.3, 0.4) is 0 Å². The fraction of sp³-hybridized carbons (Fsp3) is 0. The van der Waals surface area contributed by atoms with E-state index >= 15 is 0 Å². The normalized spacial score (nSPS) is 20.2. The monoisotopic (exact) mass is 531 g/mol. The number of rotatable bonds is 3. The molecule has 8 rings (SSSR count). The van der Waals surface area contributed by atoms with Gasteiger partial charge in [-0.05, 0) is 76.5 Å². The Morgan fingerprint density at radius 1 is 0.300 bits per heavy atom. The van der Waals surface area contributed by atoms with Crippen molar-refractivity contribution < 1.29 is 34.3 Å². The van der Waals surface area contributed by atoms with Crippen molar-refractivity contribution in [3.63, 3.8) is 0 Å². The molecule has 0 heterocycles. The molecule has 0 unspecified atom stereocenters. The van der Waals surface area contributed by atoms with Gasteiger partial charge >= 0.3 is 0 Å². The Kier molecular flexibility index (Phi) is 2.05. The minimum absolute atomic E-state index is 0.284. The summed E-state index contributed by atoms with van der Waals surface area (Å²) < 4.78 is 222. The fourth-order valence-corrected chi connectivity index (χ4v) is 4.75. The number of benzene rings is 8. The van der Waals surface area contributed by atoms with E-state index in [0.717, 1.165) is 6.07 Å². The van der Waals surface area contributed by atoms with Crippen LogP contribution in [0.15, 0.2) is 157 Å². The maximum absolute atomic E-state index is 9.47. The maximum atomic E-state index is 9.47. The smallest absolute Gasteiger partial charge is 0.0616 e. The van der Waals surface area contributed by atoms with Crippen LogP contribution in [0.5, 0.6) is 0 Å². The van der Waals surface area contributed by atoms with Crippen molar-refractivity contribution in [2.45, 2.75) is 0 Å². The second-order valence-electron chi connectivity index (χ2n) is 8.58. The quantitative estimate of drug-likeness (QED) is 0.199. The largest absolute Gasteiger partial charge is 0.0629 e. The van der Waals surface area contributed by atoms with Crippen LogP contribution in [0.1, 0.15) is 34.3 Å². The summed E-state index contributed by atoms with van der Waals surface area (Å²) in [6, 6.07) is -21.1. The van der Waals surface area contributed by atoms with E-state index in [1.165, 1.54) is 0 Å². The molecule has 40 heavy (non-hydrogen) atoms. The number of fused-ring (bicyclic) bond motifs is 4. The Morgan fingerprint density at radius 3 is 1.40 bits per heavy atom. The van der Waals surface area contributed by atoms with Crippen LogP contribution in [0.25, 0.3) is 76.5 Å². The van der Waals surface area contributed by atoms with E-state index in [0.29, 0.717) is 0 Å². The number of hydrogen-bond acceptors (Lipinski definition) is 0. The zero-order valence-electron chi connectivity index (χ0n) is 45.1. The maximum Gasteiger partial charge on any atom is 0.0629 e. The predicted octanol–water partition coefficient (Wildman–Crippen LogP) is 11.3. The van der Waals surface area contributed by atoms with Gasteiger partial charge in [-0.3, -0.25) is 0 Å². The van der Waals surface area contributed by atoms with Gasteiger partial charge in [0.15, 0.2) is 0 Å². The van der Waals surface area contributed by atoms with Gasteiger partial charge in [-0.2, -0.15) is 0 Å². The molecule has 0 aliphatic rings. The van der Waals surface area contributed by atoms with Gasteiger partial charge in [0, 0.05) is 0 Å². The van der Waals surface area contributed by atoms with E-state index in [4.69, 9.17) is 21.9 Å². The van der Waals surface area contributed by atoms with Crippen LogP contribution >= 0.6 is 0 Å². The Hall–Kier alpha value is -5.20. The summed E-state index contributed by atoms with van der Waals surface area (Å²) >= 11 is 0. The summed E-state index contributed by atoms with van der Waals surface area (Å²) in [6.07, 6.45) is 0. The third-order valence-corrected chi connectivity index (χ3v) is 6.44. The van der Waals surface area contributed by atoms with E-state index in [9.17, 15) is 12.3 Å². The Bertz CT molecular complexity index is 3480. The Morgan fingerprint density at radius 2 is 0.750 bits per heavy atom. The highest BCUT2D eigenvalue weighted by Gasteiger charge is 2.17. The lowest BCUT2D eigenvalue weighted by Gasteiger charge is -2.19. The van der Waals surface area contributed by atoms with Gasteiger partial charge in [0.2, 0.25) is 0 Å². The van der Waals surface area contributed by atoms with E-state index in [1.807, 2.05) is 0 Å². The standard InChI is InChI=1S/C40H26/c1-3-15-31-27(11-1)13-9-21-32(31)29-23-25-30(26-24-29)39-35-17-5-7-19-37(35)40(38-20-8-6-18-36(38)39)34-22-10-14-28-12-2-4-16-33(28)34/h1-26H/i1D,2D,3D,4D,5D,6D,7D,8D,9D,10D,11D,12D,14D,15D,16D,17D,18D,19D,20D,21D,22D,23D,24D,25D,26D. The highest BCUT2D eigenvalue weighted by atomic mass is 14.2. The molecule has 0 aliphatic heterocycles. The van der Waals surface area contributed by atoms with Gasteiger partial charge in [0.05, 0.1) is 34.3 Å². The van der Waals surface area contributed by atoms with Gasteiger partial charge in [0.25, 0.3) is 0 Å². The Balaban J connectivity index is 1.71. The van der Waals surface area contributed by atoms with Crippen molar-refractivity contribution in [3.8, 4) is 33.4 Å². The Labute approximate surface area is 268 Å². The second kappa shape index (κ2) is 9.22. The minimum Gasteiger partial charge on any atom is -0.0616 e. The molecule has 0 aliphatic carbocycles. The van der Waals surface area contributed by atoms with E-state index in [-0.39, 0.29) is 5.39 Å². The summed E-state index contributed by atoms with van der Waals surface area (Å²) in [6.45, 7) is 0. The summed E-state index contributed by atoms with van der Waals surface area (Å²) in [5.41, 5.74) is -4.18. The van der Waals surface area contributed by atoms with Crippen molar-refractivity contribution in [3.05, 3.63) is 157 Å². The first-order chi connectivity index (χ1) is 30.3. The highest BCUT2D eigenvalue weighted by Crippen LogP contribution is 2.45. The molecule has 0 heteroatoms. The first-order valence-electron chi connectivity index (χ1n) is 24.3. The predicted molar refractivity (Wildman–Crippen MR) is 173 cm³/mol. The summed E-state index contributed by atoms with van der Waals surface area (Å²) in [5, 5.41) is -4.72. The first kappa shape index (κ1) is 8.91. The first-order valence-corrected chi connectivity index (χ1v) is 11.8. The average molecular weight is 532 g/mol. The third-order valence-electron chi connectivity index (χ3n) is 6.44. The highest BCUT2D eigenvalue weighted by molar-refractivity contribution is 6.23.